The molecule has 1 aliphatic heterocycles. The lowest BCUT2D eigenvalue weighted by Crippen LogP contribution is -2.71. The third-order valence-corrected chi connectivity index (χ3v) is 8.39. The van der Waals surface area contributed by atoms with E-state index in [2.05, 4.69) is 13.0 Å². The third kappa shape index (κ3) is 1.04. The Morgan fingerprint density at radius 3 is 2.96 bits per heavy atom. The van der Waals surface area contributed by atoms with Crippen molar-refractivity contribution in [3.8, 4) is 11.5 Å². The Hall–Kier alpha value is -1.55. The van der Waals surface area contributed by atoms with Crippen molar-refractivity contribution in [2.45, 2.75) is 56.1 Å². The van der Waals surface area contributed by atoms with Gasteiger partial charge in [-0.2, -0.15) is 0 Å². The number of hydrogen-bond donors (Lipinski definition) is 1. The number of Topliss-reactive ketones (excluding diaryl/α,β-unsaturated/α-hetero) is 1. The Bertz CT molecular complexity index is 816. The molecule has 4 aliphatic carbocycles. The molecule has 0 amide bonds. The summed E-state index contributed by atoms with van der Waals surface area (Å²) in [5.41, 5.74) is 0.927. The number of hydrogen-bond acceptors (Lipinski definition) is 4. The van der Waals surface area contributed by atoms with Crippen LogP contribution in [0, 0.1) is 17.3 Å². The van der Waals surface area contributed by atoms with Crippen molar-refractivity contribution in [2.75, 3.05) is 7.11 Å². The number of carbonyl (C=O) groups is 1. The molecule has 3 fully saturated rings. The normalized spacial score (nSPS) is 49.1. The van der Waals surface area contributed by atoms with E-state index in [1.807, 2.05) is 6.07 Å². The van der Waals surface area contributed by atoms with Crippen LogP contribution in [-0.4, -0.2) is 29.7 Å². The SMILES string of the molecule is COc1ccc2c3c1O[C@H]1C(=O)CC[C@@]4(O)C5(C2)C(C)C5CC[C@]314. The van der Waals surface area contributed by atoms with Crippen LogP contribution in [0.15, 0.2) is 12.1 Å². The quantitative estimate of drug-likeness (QED) is 0.861. The largest absolute Gasteiger partial charge is 0.493 e. The first-order valence-corrected chi connectivity index (χ1v) is 9.13. The molecular weight excluding hydrogens is 304 g/mol. The Kier molecular flexibility index (Phi) is 2.10. The summed E-state index contributed by atoms with van der Waals surface area (Å²) in [4.78, 5) is 12.8. The lowest BCUT2D eigenvalue weighted by atomic mass is 9.44. The van der Waals surface area contributed by atoms with Crippen LogP contribution in [0.25, 0.3) is 0 Å². The van der Waals surface area contributed by atoms with Crippen LogP contribution in [0.5, 0.6) is 11.5 Å². The zero-order chi connectivity index (χ0) is 16.5. The summed E-state index contributed by atoms with van der Waals surface area (Å²) in [6, 6.07) is 4.10. The van der Waals surface area contributed by atoms with E-state index < -0.39 is 17.1 Å². The summed E-state index contributed by atoms with van der Waals surface area (Å²) >= 11 is 0. The molecule has 1 aromatic carbocycles. The molecule has 2 spiro atoms. The molecule has 4 nitrogen and oxygen atoms in total. The van der Waals surface area contributed by atoms with Crippen LogP contribution in [0.4, 0.5) is 0 Å². The summed E-state index contributed by atoms with van der Waals surface area (Å²) in [7, 11) is 1.64. The highest BCUT2D eigenvalue weighted by Gasteiger charge is 2.85. The highest BCUT2D eigenvalue weighted by molar-refractivity contribution is 5.90. The fourth-order valence-corrected chi connectivity index (χ4v) is 7.46. The van der Waals surface area contributed by atoms with Crippen LogP contribution in [0.1, 0.15) is 43.7 Å². The van der Waals surface area contributed by atoms with Gasteiger partial charge in [0.15, 0.2) is 23.4 Å². The molecule has 3 unspecified atom stereocenters. The molecule has 6 atom stereocenters. The zero-order valence-electron chi connectivity index (χ0n) is 14.1. The van der Waals surface area contributed by atoms with E-state index in [0.29, 0.717) is 30.4 Å². The molecule has 1 N–H and O–H groups in total. The monoisotopic (exact) mass is 326 g/mol. The van der Waals surface area contributed by atoms with E-state index in [9.17, 15) is 9.90 Å². The van der Waals surface area contributed by atoms with E-state index in [4.69, 9.17) is 9.47 Å². The molecule has 1 aromatic rings. The second-order valence-corrected chi connectivity index (χ2v) is 8.58. The highest BCUT2D eigenvalue weighted by Crippen LogP contribution is 2.81. The topological polar surface area (TPSA) is 55.8 Å². The molecule has 1 heterocycles. The molecular formula is C20H22O4. The van der Waals surface area contributed by atoms with Gasteiger partial charge in [-0.1, -0.05) is 13.0 Å². The first-order valence-electron chi connectivity index (χ1n) is 9.13. The Balaban J connectivity index is 1.73. The number of ether oxygens (including phenoxy) is 2. The number of ketones is 1. The van der Waals surface area contributed by atoms with Gasteiger partial charge >= 0.3 is 0 Å². The lowest BCUT2D eigenvalue weighted by molar-refractivity contribution is -0.185. The maximum atomic E-state index is 12.8. The molecule has 24 heavy (non-hydrogen) atoms. The Morgan fingerprint density at radius 1 is 1.33 bits per heavy atom. The zero-order valence-corrected chi connectivity index (χ0v) is 14.1. The van der Waals surface area contributed by atoms with Crippen molar-refractivity contribution in [3.63, 3.8) is 0 Å². The third-order valence-electron chi connectivity index (χ3n) is 8.39. The lowest BCUT2D eigenvalue weighted by Gasteiger charge is -2.60. The fraction of sp³-hybridized carbons (Fsp3) is 0.650. The number of methoxy groups -OCH3 is 1. The average molecular weight is 326 g/mol. The number of rotatable bonds is 1. The van der Waals surface area contributed by atoms with Crippen LogP contribution in [-0.2, 0) is 16.6 Å². The average Bonchev–Trinajstić information content (AvgIpc) is 2.97. The van der Waals surface area contributed by atoms with Gasteiger partial charge in [0.05, 0.1) is 18.1 Å². The van der Waals surface area contributed by atoms with Gasteiger partial charge in [-0.15, -0.1) is 0 Å². The van der Waals surface area contributed by atoms with Crippen molar-refractivity contribution < 1.29 is 19.4 Å². The van der Waals surface area contributed by atoms with Crippen molar-refractivity contribution in [2.24, 2.45) is 17.3 Å². The summed E-state index contributed by atoms with van der Waals surface area (Å²) < 4.78 is 11.8. The van der Waals surface area contributed by atoms with Gasteiger partial charge in [-0.3, -0.25) is 4.79 Å². The van der Waals surface area contributed by atoms with Gasteiger partial charge in [0.1, 0.15) is 0 Å². The standard InChI is InChI=1S/C20H22O4/c1-10-12-5-7-18-15-11-3-4-14(23-2)16(15)24-17(18)13(21)6-8-20(18,22)19(10,12)9-11/h3-4,10,12,17,22H,5-9H2,1-2H3/t10?,12?,17-,18-,19?,20-/m0/s1. The molecule has 0 radical (unpaired) electrons. The smallest absolute Gasteiger partial charge is 0.174 e. The van der Waals surface area contributed by atoms with Crippen molar-refractivity contribution in [3.05, 3.63) is 23.3 Å². The number of aliphatic hydroxyl groups is 1. The predicted octanol–water partition coefficient (Wildman–Crippen LogP) is 2.39. The van der Waals surface area contributed by atoms with Crippen molar-refractivity contribution in [1.29, 1.82) is 0 Å². The van der Waals surface area contributed by atoms with E-state index in [1.165, 1.54) is 5.56 Å². The number of carbonyl (C=O) groups excluding carboxylic acids is 1. The van der Waals surface area contributed by atoms with Gasteiger partial charge in [0.25, 0.3) is 0 Å². The van der Waals surface area contributed by atoms with Gasteiger partial charge in [0, 0.05) is 17.4 Å². The Morgan fingerprint density at radius 2 is 2.17 bits per heavy atom. The van der Waals surface area contributed by atoms with Crippen LogP contribution in [0.3, 0.4) is 0 Å². The maximum Gasteiger partial charge on any atom is 0.174 e. The van der Waals surface area contributed by atoms with E-state index in [1.54, 1.807) is 7.11 Å². The molecule has 5 aliphatic rings. The second kappa shape index (κ2) is 3.67. The molecule has 3 saturated carbocycles. The van der Waals surface area contributed by atoms with Gasteiger partial charge in [-0.25, -0.2) is 0 Å². The van der Waals surface area contributed by atoms with E-state index in [0.717, 1.165) is 30.6 Å². The van der Waals surface area contributed by atoms with E-state index in [-0.39, 0.29) is 11.2 Å². The minimum atomic E-state index is -0.814. The van der Waals surface area contributed by atoms with Gasteiger partial charge in [0.2, 0.25) is 0 Å². The van der Waals surface area contributed by atoms with E-state index >= 15 is 0 Å². The second-order valence-electron chi connectivity index (χ2n) is 8.58. The fourth-order valence-electron chi connectivity index (χ4n) is 7.46. The summed E-state index contributed by atoms with van der Waals surface area (Å²) in [5, 5.41) is 12.1. The summed E-state index contributed by atoms with van der Waals surface area (Å²) in [6.45, 7) is 2.29. The van der Waals surface area contributed by atoms with Gasteiger partial charge < -0.3 is 14.6 Å². The molecule has 4 heteroatoms. The van der Waals surface area contributed by atoms with Crippen molar-refractivity contribution >= 4 is 5.78 Å². The molecule has 6 rings (SSSR count). The maximum absolute atomic E-state index is 12.8. The first-order chi connectivity index (χ1) is 11.5. The summed E-state index contributed by atoms with van der Waals surface area (Å²) in [6.07, 6.45) is 3.33. The Labute approximate surface area is 141 Å². The minimum Gasteiger partial charge on any atom is -0.493 e. The van der Waals surface area contributed by atoms with Gasteiger partial charge in [-0.05, 0) is 49.1 Å². The minimum absolute atomic E-state index is 0.0588. The molecule has 0 saturated heterocycles. The number of benzene rings is 1. The van der Waals surface area contributed by atoms with Crippen LogP contribution < -0.4 is 9.47 Å². The molecule has 0 aromatic heterocycles. The molecule has 126 valence electrons. The molecule has 2 bridgehead atoms. The van der Waals surface area contributed by atoms with Crippen LogP contribution in [0.2, 0.25) is 0 Å². The summed E-state index contributed by atoms with van der Waals surface area (Å²) in [5.74, 6) is 2.66. The first kappa shape index (κ1) is 13.7. The predicted molar refractivity (Wildman–Crippen MR) is 86.3 cm³/mol. The van der Waals surface area contributed by atoms with Crippen molar-refractivity contribution in [1.82, 2.24) is 0 Å². The van der Waals surface area contributed by atoms with Crippen LogP contribution >= 0.6 is 0 Å². The highest BCUT2D eigenvalue weighted by atomic mass is 16.5.